The molecule has 0 aliphatic carbocycles. The maximum absolute atomic E-state index is 12.3. The van der Waals surface area contributed by atoms with Gasteiger partial charge in [-0.05, 0) is 6.42 Å². The molecule has 0 radical (unpaired) electrons. The van der Waals surface area contributed by atoms with Gasteiger partial charge in [0.2, 0.25) is 17.7 Å². The summed E-state index contributed by atoms with van der Waals surface area (Å²) in [4.78, 5) is 11.6. The van der Waals surface area contributed by atoms with Crippen LogP contribution in [0.25, 0.3) is 0 Å². The van der Waals surface area contributed by atoms with Crippen molar-refractivity contribution in [1.82, 2.24) is 15.0 Å². The number of anilines is 2. The van der Waals surface area contributed by atoms with E-state index in [1.807, 2.05) is 0 Å². The molecule has 1 aromatic heterocycles. The van der Waals surface area contributed by atoms with E-state index in [4.69, 9.17) is 5.73 Å². The first kappa shape index (κ1) is 9.94. The minimum Gasteiger partial charge on any atom is -0.368 e. The second-order valence-corrected chi connectivity index (χ2v) is 3.16. The highest BCUT2D eigenvalue weighted by atomic mass is 19.4. The lowest BCUT2D eigenvalue weighted by molar-refractivity contribution is -0.144. The molecule has 0 unspecified atom stereocenters. The molecule has 1 aromatic rings. The Hall–Kier alpha value is -1.60. The molecule has 0 spiro atoms. The average Bonchev–Trinajstić information content (AvgIpc) is 1.97. The van der Waals surface area contributed by atoms with Crippen LogP contribution in [0.3, 0.4) is 0 Å². The van der Waals surface area contributed by atoms with E-state index < -0.39 is 17.9 Å². The smallest absolute Gasteiger partial charge is 0.368 e. The Morgan fingerprint density at radius 1 is 1.13 bits per heavy atom. The van der Waals surface area contributed by atoms with Crippen LogP contribution in [0, 0.1) is 0 Å². The van der Waals surface area contributed by atoms with Crippen LogP contribution in [-0.2, 0) is 6.18 Å². The summed E-state index contributed by atoms with van der Waals surface area (Å²) >= 11 is 0. The van der Waals surface area contributed by atoms with Gasteiger partial charge < -0.3 is 10.6 Å². The third kappa shape index (κ3) is 1.92. The normalized spacial score (nSPS) is 16.3. The van der Waals surface area contributed by atoms with Gasteiger partial charge in [0.25, 0.3) is 0 Å². The molecule has 0 bridgehead atoms. The predicted octanol–water partition coefficient (Wildman–Crippen LogP) is 0.683. The SMILES string of the molecule is Nc1nc(N2CCC2)nc(C(F)(F)F)n1. The zero-order valence-electron chi connectivity index (χ0n) is 7.62. The Morgan fingerprint density at radius 2 is 1.80 bits per heavy atom. The third-order valence-corrected chi connectivity index (χ3v) is 2.03. The van der Waals surface area contributed by atoms with Crippen LogP contribution in [0.4, 0.5) is 25.1 Å². The van der Waals surface area contributed by atoms with E-state index in [0.29, 0.717) is 13.1 Å². The van der Waals surface area contributed by atoms with Crippen molar-refractivity contribution >= 4 is 11.9 Å². The van der Waals surface area contributed by atoms with Gasteiger partial charge >= 0.3 is 6.18 Å². The number of rotatable bonds is 1. The van der Waals surface area contributed by atoms with Gasteiger partial charge in [0.05, 0.1) is 0 Å². The first-order valence-electron chi connectivity index (χ1n) is 4.30. The fourth-order valence-electron chi connectivity index (χ4n) is 1.17. The molecule has 1 fully saturated rings. The van der Waals surface area contributed by atoms with Crippen molar-refractivity contribution in [2.75, 3.05) is 23.7 Å². The largest absolute Gasteiger partial charge is 0.451 e. The maximum atomic E-state index is 12.3. The minimum atomic E-state index is -4.59. The second-order valence-electron chi connectivity index (χ2n) is 3.16. The molecule has 2 heterocycles. The average molecular weight is 219 g/mol. The topological polar surface area (TPSA) is 67.9 Å². The van der Waals surface area contributed by atoms with Gasteiger partial charge in [-0.15, -0.1) is 0 Å². The maximum Gasteiger partial charge on any atom is 0.451 e. The van der Waals surface area contributed by atoms with Crippen LogP contribution < -0.4 is 10.6 Å². The summed E-state index contributed by atoms with van der Waals surface area (Å²) in [5.41, 5.74) is 5.18. The number of alkyl halides is 3. The van der Waals surface area contributed by atoms with Gasteiger partial charge in [-0.1, -0.05) is 0 Å². The molecular weight excluding hydrogens is 211 g/mol. The van der Waals surface area contributed by atoms with Crippen LogP contribution >= 0.6 is 0 Å². The van der Waals surface area contributed by atoms with Gasteiger partial charge in [0, 0.05) is 13.1 Å². The highest BCUT2D eigenvalue weighted by Crippen LogP contribution is 2.28. The number of nitrogens with zero attached hydrogens (tertiary/aromatic N) is 4. The molecular formula is C7H8F3N5. The van der Waals surface area contributed by atoms with Crippen LogP contribution in [0.2, 0.25) is 0 Å². The van der Waals surface area contributed by atoms with Gasteiger partial charge in [-0.3, -0.25) is 0 Å². The van der Waals surface area contributed by atoms with Gasteiger partial charge in [0.15, 0.2) is 0 Å². The lowest BCUT2D eigenvalue weighted by atomic mass is 10.2. The zero-order chi connectivity index (χ0) is 11.1. The van der Waals surface area contributed by atoms with Crippen molar-refractivity contribution in [3.63, 3.8) is 0 Å². The Balaban J connectivity index is 2.36. The van der Waals surface area contributed by atoms with Crippen molar-refractivity contribution in [2.45, 2.75) is 12.6 Å². The predicted molar refractivity (Wildman–Crippen MR) is 46.1 cm³/mol. The van der Waals surface area contributed by atoms with Crippen LogP contribution in [-0.4, -0.2) is 28.0 Å². The van der Waals surface area contributed by atoms with Crippen molar-refractivity contribution < 1.29 is 13.2 Å². The summed E-state index contributed by atoms with van der Waals surface area (Å²) in [6.07, 6.45) is -3.66. The molecule has 15 heavy (non-hydrogen) atoms. The summed E-state index contributed by atoms with van der Waals surface area (Å²) in [6.45, 7) is 1.31. The monoisotopic (exact) mass is 219 g/mol. The van der Waals surface area contributed by atoms with E-state index in [1.54, 1.807) is 4.90 Å². The first-order chi connectivity index (χ1) is 6.97. The zero-order valence-corrected chi connectivity index (χ0v) is 7.62. The highest BCUT2D eigenvalue weighted by molar-refractivity contribution is 5.37. The molecule has 8 heteroatoms. The molecule has 0 atom stereocenters. The number of halogens is 3. The first-order valence-corrected chi connectivity index (χ1v) is 4.30. The third-order valence-electron chi connectivity index (χ3n) is 2.03. The van der Waals surface area contributed by atoms with Crippen molar-refractivity contribution in [2.24, 2.45) is 0 Å². The number of aromatic nitrogens is 3. The summed E-state index contributed by atoms with van der Waals surface area (Å²) in [7, 11) is 0. The minimum absolute atomic E-state index is 0.000995. The van der Waals surface area contributed by atoms with E-state index in [2.05, 4.69) is 15.0 Å². The molecule has 1 saturated heterocycles. The van der Waals surface area contributed by atoms with Gasteiger partial charge in [-0.25, -0.2) is 0 Å². The van der Waals surface area contributed by atoms with E-state index in [-0.39, 0.29) is 5.95 Å². The lowest BCUT2D eigenvalue weighted by Gasteiger charge is -2.30. The molecule has 5 nitrogen and oxygen atoms in total. The molecule has 1 aliphatic rings. The summed E-state index contributed by atoms with van der Waals surface area (Å²) < 4.78 is 36.9. The van der Waals surface area contributed by atoms with E-state index >= 15 is 0 Å². The fraction of sp³-hybridized carbons (Fsp3) is 0.571. The quantitative estimate of drug-likeness (QED) is 0.752. The number of nitrogen functional groups attached to an aromatic ring is 1. The van der Waals surface area contributed by atoms with E-state index in [1.165, 1.54) is 0 Å². The van der Waals surface area contributed by atoms with Crippen LogP contribution in [0.1, 0.15) is 12.2 Å². The molecule has 1 aliphatic heterocycles. The van der Waals surface area contributed by atoms with Crippen LogP contribution in [0.15, 0.2) is 0 Å². The van der Waals surface area contributed by atoms with Crippen molar-refractivity contribution in [3.8, 4) is 0 Å². The van der Waals surface area contributed by atoms with Crippen molar-refractivity contribution in [1.29, 1.82) is 0 Å². The lowest BCUT2D eigenvalue weighted by Crippen LogP contribution is -2.39. The van der Waals surface area contributed by atoms with Crippen molar-refractivity contribution in [3.05, 3.63) is 5.82 Å². The number of nitrogens with two attached hydrogens (primary N) is 1. The van der Waals surface area contributed by atoms with Gasteiger partial charge in [0.1, 0.15) is 0 Å². The summed E-state index contributed by atoms with van der Waals surface area (Å²) in [5, 5.41) is 0. The summed E-state index contributed by atoms with van der Waals surface area (Å²) in [6, 6.07) is 0. The molecule has 0 saturated carbocycles. The number of hydrogen-bond donors (Lipinski definition) is 1. The van der Waals surface area contributed by atoms with E-state index in [9.17, 15) is 13.2 Å². The van der Waals surface area contributed by atoms with Gasteiger partial charge in [-0.2, -0.15) is 28.1 Å². The van der Waals surface area contributed by atoms with Crippen LogP contribution in [0.5, 0.6) is 0 Å². The molecule has 0 amide bonds. The highest BCUT2D eigenvalue weighted by Gasteiger charge is 2.36. The Morgan fingerprint density at radius 3 is 2.27 bits per heavy atom. The van der Waals surface area contributed by atoms with E-state index in [0.717, 1.165) is 6.42 Å². The Labute approximate surface area is 83.1 Å². The molecule has 82 valence electrons. The summed E-state index contributed by atoms with van der Waals surface area (Å²) in [5.74, 6) is -1.64. The Bertz CT molecular complexity index is 373. The molecule has 2 N–H and O–H groups in total. The molecule has 2 rings (SSSR count). The Kier molecular flexibility index (Phi) is 2.13. The molecule has 0 aromatic carbocycles. The standard InChI is InChI=1S/C7H8F3N5/c8-7(9,10)4-12-5(11)14-6(13-4)15-2-1-3-15/h1-3H2,(H2,11,12,13,14). The number of hydrogen-bond acceptors (Lipinski definition) is 5. The fourth-order valence-corrected chi connectivity index (χ4v) is 1.17. The second kappa shape index (κ2) is 3.21.